The minimum atomic E-state index is -0.796. The molecule has 0 unspecified atom stereocenters. The fraction of sp³-hybridized carbons (Fsp3) is 0.500. The van der Waals surface area contributed by atoms with Gasteiger partial charge < -0.3 is 19.2 Å². The number of aliphatic hydroxyl groups is 1. The van der Waals surface area contributed by atoms with Crippen molar-refractivity contribution in [2.24, 2.45) is 0 Å². The number of ether oxygens (including phenoxy) is 1. The number of imide groups is 1. The van der Waals surface area contributed by atoms with Crippen LogP contribution in [0.1, 0.15) is 36.3 Å². The van der Waals surface area contributed by atoms with Crippen LogP contribution in [-0.4, -0.2) is 70.6 Å². The SMILES string of the molecule is COCCCN1C(=O)N(Cc2ccccc2)C(=O)C12CCN(Cc1ccc(CO)o1)CC2. The first-order chi connectivity index (χ1) is 15.6. The van der Waals surface area contributed by atoms with Crippen molar-refractivity contribution in [2.75, 3.05) is 33.4 Å². The minimum Gasteiger partial charge on any atom is -0.462 e. The van der Waals surface area contributed by atoms with E-state index < -0.39 is 5.54 Å². The molecule has 0 atom stereocenters. The summed E-state index contributed by atoms with van der Waals surface area (Å²) in [5.41, 5.74) is 0.147. The molecule has 172 valence electrons. The van der Waals surface area contributed by atoms with Crippen molar-refractivity contribution in [2.45, 2.75) is 44.5 Å². The van der Waals surface area contributed by atoms with Gasteiger partial charge in [0.25, 0.3) is 5.91 Å². The third kappa shape index (κ3) is 4.44. The van der Waals surface area contributed by atoms with E-state index >= 15 is 0 Å². The fourth-order valence-corrected chi connectivity index (χ4v) is 4.74. The van der Waals surface area contributed by atoms with Gasteiger partial charge in [-0.2, -0.15) is 0 Å². The van der Waals surface area contributed by atoms with E-state index in [0.717, 1.165) is 11.3 Å². The first kappa shape index (κ1) is 22.5. The van der Waals surface area contributed by atoms with Crippen LogP contribution in [0.15, 0.2) is 46.9 Å². The molecule has 8 nitrogen and oxygen atoms in total. The van der Waals surface area contributed by atoms with Crippen molar-refractivity contribution in [1.82, 2.24) is 14.7 Å². The van der Waals surface area contributed by atoms with E-state index in [4.69, 9.17) is 9.15 Å². The van der Waals surface area contributed by atoms with E-state index in [1.807, 2.05) is 36.4 Å². The Hall–Kier alpha value is -2.68. The number of likely N-dealkylation sites (tertiary alicyclic amines) is 1. The first-order valence-electron chi connectivity index (χ1n) is 11.1. The number of urea groups is 1. The van der Waals surface area contributed by atoms with Gasteiger partial charge in [0.05, 0.1) is 13.1 Å². The number of hydrogen-bond donors (Lipinski definition) is 1. The number of nitrogens with zero attached hydrogens (tertiary/aromatic N) is 3. The number of hydrogen-bond acceptors (Lipinski definition) is 6. The molecule has 2 aromatic rings. The number of carbonyl (C=O) groups excluding carboxylic acids is 2. The number of furan rings is 1. The number of rotatable bonds is 9. The van der Waals surface area contributed by atoms with Crippen LogP contribution in [0, 0.1) is 0 Å². The Bertz CT molecular complexity index is 921. The summed E-state index contributed by atoms with van der Waals surface area (Å²) in [7, 11) is 1.64. The maximum Gasteiger partial charge on any atom is 0.327 e. The Morgan fingerprint density at radius 2 is 1.75 bits per heavy atom. The van der Waals surface area contributed by atoms with Gasteiger partial charge in [0.15, 0.2) is 0 Å². The number of amides is 3. The third-order valence-electron chi connectivity index (χ3n) is 6.47. The summed E-state index contributed by atoms with van der Waals surface area (Å²) >= 11 is 0. The quantitative estimate of drug-likeness (QED) is 0.476. The molecule has 0 aliphatic carbocycles. The molecule has 1 aromatic heterocycles. The normalized spacial score (nSPS) is 18.8. The lowest BCUT2D eigenvalue weighted by atomic mass is 9.85. The Morgan fingerprint density at radius 3 is 2.41 bits per heavy atom. The van der Waals surface area contributed by atoms with Crippen LogP contribution >= 0.6 is 0 Å². The Labute approximate surface area is 188 Å². The lowest BCUT2D eigenvalue weighted by molar-refractivity contribution is -0.136. The summed E-state index contributed by atoms with van der Waals surface area (Å²) in [5.74, 6) is 1.25. The largest absolute Gasteiger partial charge is 0.462 e. The zero-order valence-electron chi connectivity index (χ0n) is 18.5. The molecule has 0 bridgehead atoms. The van der Waals surface area contributed by atoms with E-state index in [1.165, 1.54) is 4.90 Å². The van der Waals surface area contributed by atoms with Crippen molar-refractivity contribution < 1.29 is 23.8 Å². The standard InChI is InChI=1S/C24H31N3O5/c1-31-15-5-12-27-23(30)26(16-19-6-3-2-4-7-19)22(29)24(27)10-13-25(14-11-24)17-20-8-9-21(18-28)32-20/h2-4,6-9,28H,5,10-18H2,1H3. The van der Waals surface area contributed by atoms with Crippen LogP contribution in [0.4, 0.5) is 4.79 Å². The van der Waals surface area contributed by atoms with Gasteiger partial charge in [-0.25, -0.2) is 4.79 Å². The van der Waals surface area contributed by atoms with Gasteiger partial charge in [0.2, 0.25) is 0 Å². The molecule has 2 fully saturated rings. The summed E-state index contributed by atoms with van der Waals surface area (Å²) in [6.45, 7) is 3.22. The Morgan fingerprint density at radius 1 is 1.03 bits per heavy atom. The average molecular weight is 442 g/mol. The lowest BCUT2D eigenvalue weighted by Gasteiger charge is -2.42. The van der Waals surface area contributed by atoms with Crippen LogP contribution in [0.25, 0.3) is 0 Å². The zero-order valence-corrected chi connectivity index (χ0v) is 18.5. The number of aliphatic hydroxyl groups excluding tert-OH is 1. The van der Waals surface area contributed by atoms with Crippen molar-refractivity contribution >= 4 is 11.9 Å². The molecule has 3 amide bonds. The topological polar surface area (TPSA) is 86.5 Å². The van der Waals surface area contributed by atoms with Gasteiger partial charge in [-0.3, -0.25) is 14.6 Å². The first-order valence-corrected chi connectivity index (χ1v) is 11.1. The van der Waals surface area contributed by atoms with Crippen LogP contribution in [-0.2, 0) is 29.2 Å². The number of benzene rings is 1. The van der Waals surface area contributed by atoms with Gasteiger partial charge in [0.1, 0.15) is 23.7 Å². The van der Waals surface area contributed by atoms with Gasteiger partial charge >= 0.3 is 6.03 Å². The number of piperidine rings is 1. The summed E-state index contributed by atoms with van der Waals surface area (Å²) in [4.78, 5) is 32.4. The van der Waals surface area contributed by atoms with Crippen LogP contribution in [0.2, 0.25) is 0 Å². The Balaban J connectivity index is 1.48. The molecule has 3 heterocycles. The predicted molar refractivity (Wildman–Crippen MR) is 117 cm³/mol. The van der Waals surface area contributed by atoms with E-state index in [9.17, 15) is 14.7 Å². The number of carbonyl (C=O) groups is 2. The summed E-state index contributed by atoms with van der Waals surface area (Å²) < 4.78 is 10.8. The summed E-state index contributed by atoms with van der Waals surface area (Å²) in [5, 5.41) is 9.20. The third-order valence-corrected chi connectivity index (χ3v) is 6.47. The monoisotopic (exact) mass is 441 g/mol. The molecule has 1 spiro atoms. The molecule has 32 heavy (non-hydrogen) atoms. The van der Waals surface area contributed by atoms with Crippen molar-refractivity contribution in [3.05, 3.63) is 59.5 Å². The van der Waals surface area contributed by atoms with Gasteiger partial charge in [-0.05, 0) is 37.0 Å². The molecule has 8 heteroatoms. The Kier molecular flexibility index (Phi) is 6.93. The number of methoxy groups -OCH3 is 1. The molecule has 1 aromatic carbocycles. The molecule has 0 radical (unpaired) electrons. The summed E-state index contributed by atoms with van der Waals surface area (Å²) in [6.07, 6.45) is 1.86. The second kappa shape index (κ2) is 9.85. The molecule has 0 saturated carbocycles. The highest BCUT2D eigenvalue weighted by molar-refractivity contribution is 6.07. The molecule has 2 saturated heterocycles. The van der Waals surface area contributed by atoms with E-state index in [-0.39, 0.29) is 18.5 Å². The molecular weight excluding hydrogens is 410 g/mol. The summed E-state index contributed by atoms with van der Waals surface area (Å²) in [6, 6.07) is 13.1. The lowest BCUT2D eigenvalue weighted by Crippen LogP contribution is -2.56. The van der Waals surface area contributed by atoms with Crippen LogP contribution in [0.5, 0.6) is 0 Å². The van der Waals surface area contributed by atoms with Crippen molar-refractivity contribution in [1.29, 1.82) is 0 Å². The van der Waals surface area contributed by atoms with Crippen LogP contribution < -0.4 is 0 Å². The van der Waals surface area contributed by atoms with Crippen LogP contribution in [0.3, 0.4) is 0 Å². The maximum absolute atomic E-state index is 13.6. The van der Waals surface area contributed by atoms with E-state index in [0.29, 0.717) is 64.4 Å². The van der Waals surface area contributed by atoms with E-state index in [1.54, 1.807) is 18.1 Å². The molecule has 2 aliphatic heterocycles. The fourth-order valence-electron chi connectivity index (χ4n) is 4.74. The highest BCUT2D eigenvalue weighted by Gasteiger charge is 2.57. The zero-order chi connectivity index (χ0) is 22.6. The molecule has 1 N–H and O–H groups in total. The van der Waals surface area contributed by atoms with Gasteiger partial charge in [-0.15, -0.1) is 0 Å². The molecular formula is C24H31N3O5. The highest BCUT2D eigenvalue weighted by Crippen LogP contribution is 2.38. The van der Waals surface area contributed by atoms with Gasteiger partial charge in [-0.1, -0.05) is 30.3 Å². The second-order valence-corrected chi connectivity index (χ2v) is 8.49. The van der Waals surface area contributed by atoms with E-state index in [2.05, 4.69) is 4.90 Å². The highest BCUT2D eigenvalue weighted by atomic mass is 16.5. The molecule has 4 rings (SSSR count). The smallest absolute Gasteiger partial charge is 0.327 e. The average Bonchev–Trinajstić information content (AvgIpc) is 3.34. The minimum absolute atomic E-state index is 0.0935. The predicted octanol–water partition coefficient (Wildman–Crippen LogP) is 2.61. The van der Waals surface area contributed by atoms with Crippen molar-refractivity contribution in [3.63, 3.8) is 0 Å². The molecule has 2 aliphatic rings. The second-order valence-electron chi connectivity index (χ2n) is 8.49. The van der Waals surface area contributed by atoms with Gasteiger partial charge in [0, 0.05) is 33.4 Å². The van der Waals surface area contributed by atoms with Crippen molar-refractivity contribution in [3.8, 4) is 0 Å². The maximum atomic E-state index is 13.6.